The van der Waals surface area contributed by atoms with Gasteiger partial charge in [0.1, 0.15) is 12.6 Å². The number of benzene rings is 1. The quantitative estimate of drug-likeness (QED) is 0.889. The minimum Gasteiger partial charge on any atom is -0.480 e. The molecule has 1 aromatic rings. The normalized spacial score (nSPS) is 21.2. The van der Waals surface area contributed by atoms with Crippen LogP contribution in [0.3, 0.4) is 0 Å². The van der Waals surface area contributed by atoms with Crippen LogP contribution in [0.15, 0.2) is 30.3 Å². The highest BCUT2D eigenvalue weighted by atomic mass is 16.6. The second-order valence-electron chi connectivity index (χ2n) is 4.10. The number of carboxylic acids is 1. The average Bonchev–Trinajstić information content (AvgIpc) is 2.89. The fourth-order valence-electron chi connectivity index (χ4n) is 1.96. The molecule has 0 aliphatic carbocycles. The lowest BCUT2D eigenvalue weighted by Crippen LogP contribution is -2.40. The SMILES string of the molecule is [2H]C(OC(=O)N1CCC[C@H]1C(=O)O)c1ccccc1. The first-order valence-corrected chi connectivity index (χ1v) is 5.77. The Morgan fingerprint density at radius 3 is 2.83 bits per heavy atom. The molecule has 1 aliphatic heterocycles. The van der Waals surface area contributed by atoms with E-state index in [2.05, 4.69) is 0 Å². The van der Waals surface area contributed by atoms with Crippen molar-refractivity contribution in [1.29, 1.82) is 0 Å². The first-order valence-electron chi connectivity index (χ1n) is 6.34. The summed E-state index contributed by atoms with van der Waals surface area (Å²) in [7, 11) is 0. The smallest absolute Gasteiger partial charge is 0.410 e. The largest absolute Gasteiger partial charge is 0.480 e. The van der Waals surface area contributed by atoms with Crippen LogP contribution in [0, 0.1) is 0 Å². The van der Waals surface area contributed by atoms with Gasteiger partial charge in [0.2, 0.25) is 0 Å². The Bertz CT molecular complexity index is 465. The highest BCUT2D eigenvalue weighted by molar-refractivity contribution is 5.80. The Kier molecular flexibility index (Phi) is 3.40. The van der Waals surface area contributed by atoms with Crippen LogP contribution in [-0.2, 0) is 16.1 Å². The summed E-state index contributed by atoms with van der Waals surface area (Å²) in [6.07, 6.45) is 0.326. The van der Waals surface area contributed by atoms with Gasteiger partial charge >= 0.3 is 12.1 Å². The fraction of sp³-hybridized carbons (Fsp3) is 0.385. The predicted molar refractivity (Wildman–Crippen MR) is 64.0 cm³/mol. The van der Waals surface area contributed by atoms with Crippen molar-refractivity contribution in [2.45, 2.75) is 25.5 Å². The molecule has 2 atom stereocenters. The average molecular weight is 250 g/mol. The monoisotopic (exact) mass is 250 g/mol. The highest BCUT2D eigenvalue weighted by Crippen LogP contribution is 2.18. The number of carboxylic acid groups (broad SMARTS) is 1. The second-order valence-corrected chi connectivity index (χ2v) is 4.10. The van der Waals surface area contributed by atoms with Gasteiger partial charge in [0.15, 0.2) is 0 Å². The van der Waals surface area contributed by atoms with E-state index in [4.69, 9.17) is 11.2 Å². The standard InChI is InChI=1S/C13H15NO4/c15-12(16)11-7-4-8-14(11)13(17)18-9-10-5-2-1-3-6-10/h1-3,5-6,11H,4,7-9H2,(H,15,16)/t11-/m0/s1/i9D/t9?,11-. The zero-order valence-corrected chi connectivity index (χ0v) is 9.78. The minimum absolute atomic E-state index is 0.358. The summed E-state index contributed by atoms with van der Waals surface area (Å²) in [6, 6.07) is 7.84. The van der Waals surface area contributed by atoms with Crippen LogP contribution >= 0.6 is 0 Å². The van der Waals surface area contributed by atoms with Gasteiger partial charge in [0.25, 0.3) is 0 Å². The second kappa shape index (κ2) is 5.53. The first kappa shape index (κ1) is 11.1. The highest BCUT2D eigenvalue weighted by Gasteiger charge is 2.34. The zero-order valence-electron chi connectivity index (χ0n) is 10.8. The minimum atomic E-state index is -1.14. The van der Waals surface area contributed by atoms with Crippen LogP contribution in [0.4, 0.5) is 4.79 Å². The van der Waals surface area contributed by atoms with Gasteiger partial charge in [0.05, 0.1) is 1.37 Å². The number of amides is 1. The molecule has 0 aromatic heterocycles. The van der Waals surface area contributed by atoms with Crippen LogP contribution in [0.25, 0.3) is 0 Å². The van der Waals surface area contributed by atoms with Crippen LogP contribution in [-0.4, -0.2) is 34.7 Å². The van der Waals surface area contributed by atoms with Crippen molar-refractivity contribution in [3.8, 4) is 0 Å². The molecule has 18 heavy (non-hydrogen) atoms. The Morgan fingerprint density at radius 1 is 1.44 bits per heavy atom. The van der Waals surface area contributed by atoms with Crippen molar-refractivity contribution in [2.24, 2.45) is 0 Å². The van der Waals surface area contributed by atoms with Gasteiger partial charge in [-0.25, -0.2) is 9.59 Å². The molecule has 1 fully saturated rings. The maximum atomic E-state index is 11.9. The van der Waals surface area contributed by atoms with Gasteiger partial charge < -0.3 is 9.84 Å². The van der Waals surface area contributed by atoms with Crippen LogP contribution in [0.2, 0.25) is 0 Å². The predicted octanol–water partition coefficient (Wildman–Crippen LogP) is 1.87. The Labute approximate surface area is 106 Å². The van der Waals surface area contributed by atoms with Gasteiger partial charge in [-0.05, 0) is 18.4 Å². The summed E-state index contributed by atoms with van der Waals surface area (Å²) < 4.78 is 12.8. The van der Waals surface area contributed by atoms with Gasteiger partial charge in [-0.15, -0.1) is 0 Å². The summed E-state index contributed by atoms with van der Waals surface area (Å²) in [5.74, 6) is -1.03. The molecule has 0 saturated carbocycles. The summed E-state index contributed by atoms with van der Waals surface area (Å²) in [6.45, 7) is -0.777. The molecule has 5 heteroatoms. The Hall–Kier alpha value is -2.04. The van der Waals surface area contributed by atoms with E-state index in [0.717, 1.165) is 0 Å². The first-order chi connectivity index (χ1) is 9.09. The van der Waals surface area contributed by atoms with Crippen molar-refractivity contribution in [3.05, 3.63) is 35.9 Å². The van der Waals surface area contributed by atoms with Gasteiger partial charge in [0, 0.05) is 6.54 Å². The van der Waals surface area contributed by atoms with E-state index in [1.165, 1.54) is 4.90 Å². The molecule has 1 amide bonds. The molecule has 1 N–H and O–H groups in total. The molecule has 1 aliphatic rings. The zero-order chi connectivity index (χ0) is 13.8. The molecule has 0 radical (unpaired) electrons. The summed E-state index contributed by atoms with van der Waals surface area (Å²) in [5.41, 5.74) is 0.557. The number of hydrogen-bond acceptors (Lipinski definition) is 3. The molecule has 1 aromatic carbocycles. The van der Waals surface area contributed by atoms with Crippen LogP contribution in [0.1, 0.15) is 19.8 Å². The third-order valence-electron chi connectivity index (χ3n) is 2.87. The number of carbonyl (C=O) groups is 2. The summed E-state index contributed by atoms with van der Waals surface area (Å²) in [5, 5.41) is 8.99. The van der Waals surface area contributed by atoms with E-state index in [9.17, 15) is 9.59 Å². The van der Waals surface area contributed by atoms with E-state index in [0.29, 0.717) is 24.9 Å². The van der Waals surface area contributed by atoms with E-state index in [1.807, 2.05) is 0 Å². The van der Waals surface area contributed by atoms with E-state index >= 15 is 0 Å². The number of likely N-dealkylation sites (tertiary alicyclic amines) is 1. The number of ether oxygens (including phenoxy) is 1. The molecule has 1 unspecified atom stereocenters. The van der Waals surface area contributed by atoms with Gasteiger partial charge in [-0.1, -0.05) is 30.3 Å². The number of rotatable bonds is 3. The molecule has 1 saturated heterocycles. The molecule has 2 rings (SSSR count). The molecule has 96 valence electrons. The van der Waals surface area contributed by atoms with E-state index in [-0.39, 0.29) is 0 Å². The molecule has 1 heterocycles. The molecule has 0 bridgehead atoms. The molecule has 5 nitrogen and oxygen atoms in total. The van der Waals surface area contributed by atoms with Gasteiger partial charge in [-0.2, -0.15) is 0 Å². The third-order valence-corrected chi connectivity index (χ3v) is 2.87. The lowest BCUT2D eigenvalue weighted by atomic mass is 10.2. The Morgan fingerprint density at radius 2 is 2.17 bits per heavy atom. The molecule has 0 spiro atoms. The van der Waals surface area contributed by atoms with Crippen molar-refractivity contribution >= 4 is 12.1 Å². The summed E-state index contributed by atoms with van der Waals surface area (Å²) >= 11 is 0. The molecular weight excluding hydrogens is 234 g/mol. The lowest BCUT2D eigenvalue weighted by Gasteiger charge is -2.20. The number of hydrogen-bond donors (Lipinski definition) is 1. The Balaban J connectivity index is 1.99. The van der Waals surface area contributed by atoms with E-state index < -0.39 is 24.7 Å². The third kappa shape index (κ3) is 2.80. The van der Waals surface area contributed by atoms with Crippen LogP contribution in [0.5, 0.6) is 0 Å². The maximum Gasteiger partial charge on any atom is 0.410 e. The maximum absolute atomic E-state index is 11.9. The lowest BCUT2D eigenvalue weighted by molar-refractivity contribution is -0.141. The number of nitrogens with zero attached hydrogens (tertiary/aromatic N) is 1. The van der Waals surface area contributed by atoms with Crippen molar-refractivity contribution in [1.82, 2.24) is 4.90 Å². The van der Waals surface area contributed by atoms with E-state index in [1.54, 1.807) is 30.3 Å². The topological polar surface area (TPSA) is 66.8 Å². The fourth-order valence-corrected chi connectivity index (χ4v) is 1.96. The van der Waals surface area contributed by atoms with Crippen molar-refractivity contribution in [2.75, 3.05) is 6.54 Å². The summed E-state index contributed by atoms with van der Waals surface area (Å²) in [4.78, 5) is 24.0. The molecular formula is C13H15NO4. The van der Waals surface area contributed by atoms with Crippen molar-refractivity contribution < 1.29 is 20.8 Å². The number of aliphatic carboxylic acids is 1. The van der Waals surface area contributed by atoms with Crippen LogP contribution < -0.4 is 0 Å². The van der Waals surface area contributed by atoms with Gasteiger partial charge in [-0.3, -0.25) is 4.90 Å². The van der Waals surface area contributed by atoms with Crippen molar-refractivity contribution in [3.63, 3.8) is 0 Å². The number of carbonyl (C=O) groups excluding carboxylic acids is 1.